The molecule has 0 spiro atoms. The lowest BCUT2D eigenvalue weighted by molar-refractivity contribution is 0.327. The van der Waals surface area contributed by atoms with Crippen LogP contribution in [0.15, 0.2) is 24.3 Å². The van der Waals surface area contributed by atoms with Gasteiger partial charge in [-0.05, 0) is 29.5 Å². The molecule has 1 aromatic rings. The third-order valence-electron chi connectivity index (χ3n) is 3.05. The molecule has 2 nitrogen and oxygen atoms in total. The molecule has 0 saturated carbocycles. The second-order valence-corrected chi connectivity index (χ2v) is 4.97. The molecule has 0 aromatic heterocycles. The molecule has 16 heavy (non-hydrogen) atoms. The summed E-state index contributed by atoms with van der Waals surface area (Å²) in [5.74, 6) is 0.914. The van der Waals surface area contributed by atoms with Crippen LogP contribution in [-0.2, 0) is 6.54 Å². The lowest BCUT2D eigenvalue weighted by Crippen LogP contribution is -2.28. The molecule has 2 heteroatoms. The Kier molecular flexibility index (Phi) is 4.81. The predicted octanol–water partition coefficient (Wildman–Crippen LogP) is 3.22. The van der Waals surface area contributed by atoms with Gasteiger partial charge in [-0.3, -0.25) is 0 Å². The zero-order chi connectivity index (χ0) is 12.0. The molecule has 90 valence electrons. The van der Waals surface area contributed by atoms with Crippen LogP contribution in [0.2, 0.25) is 0 Å². The third kappa shape index (κ3) is 4.23. The van der Waals surface area contributed by atoms with Crippen molar-refractivity contribution in [3.63, 3.8) is 0 Å². The van der Waals surface area contributed by atoms with Gasteiger partial charge in [-0.2, -0.15) is 0 Å². The van der Waals surface area contributed by atoms with E-state index in [4.69, 9.17) is 4.74 Å². The maximum Gasteiger partial charge on any atom is 0.118 e. The van der Waals surface area contributed by atoms with Gasteiger partial charge in [0.1, 0.15) is 5.75 Å². The molecule has 0 radical (unpaired) electrons. The average Bonchev–Trinajstić information content (AvgIpc) is 2.30. The number of ether oxygens (including phenoxy) is 1. The molecule has 0 bridgehead atoms. The van der Waals surface area contributed by atoms with Crippen LogP contribution in [0.25, 0.3) is 0 Å². The molecule has 0 atom stereocenters. The standard InChI is InChI=1S/C14H23NO/c1-5-14(2,3)11-15-10-12-6-8-13(16-4)9-7-12/h6-9,15H,5,10-11H2,1-4H3. The van der Waals surface area contributed by atoms with Crippen LogP contribution in [0, 0.1) is 5.41 Å². The molecule has 0 heterocycles. The molecule has 1 rings (SSSR count). The van der Waals surface area contributed by atoms with Crippen molar-refractivity contribution in [2.24, 2.45) is 5.41 Å². The molecule has 1 aromatic carbocycles. The number of benzene rings is 1. The van der Waals surface area contributed by atoms with Gasteiger partial charge in [-0.25, -0.2) is 0 Å². The Morgan fingerprint density at radius 1 is 1.19 bits per heavy atom. The van der Waals surface area contributed by atoms with Gasteiger partial charge < -0.3 is 10.1 Å². The van der Waals surface area contributed by atoms with E-state index in [1.165, 1.54) is 12.0 Å². The lowest BCUT2D eigenvalue weighted by Gasteiger charge is -2.23. The first-order valence-electron chi connectivity index (χ1n) is 5.91. The van der Waals surface area contributed by atoms with Gasteiger partial charge in [-0.1, -0.05) is 32.9 Å². The first-order valence-corrected chi connectivity index (χ1v) is 5.91. The summed E-state index contributed by atoms with van der Waals surface area (Å²) in [6.45, 7) is 8.78. The zero-order valence-electron chi connectivity index (χ0n) is 10.8. The maximum absolute atomic E-state index is 5.12. The molecular weight excluding hydrogens is 198 g/mol. The SMILES string of the molecule is CCC(C)(C)CNCc1ccc(OC)cc1. The van der Waals surface area contributed by atoms with E-state index in [1.54, 1.807) is 7.11 Å². The quantitative estimate of drug-likeness (QED) is 0.796. The number of rotatable bonds is 6. The van der Waals surface area contributed by atoms with Gasteiger partial charge in [0.2, 0.25) is 0 Å². The summed E-state index contributed by atoms with van der Waals surface area (Å²) in [6, 6.07) is 8.21. The summed E-state index contributed by atoms with van der Waals surface area (Å²) in [6.07, 6.45) is 1.20. The minimum atomic E-state index is 0.381. The van der Waals surface area contributed by atoms with Crippen molar-refractivity contribution >= 4 is 0 Å². The summed E-state index contributed by atoms with van der Waals surface area (Å²) in [4.78, 5) is 0. The number of hydrogen-bond acceptors (Lipinski definition) is 2. The molecule has 0 fully saturated rings. The number of methoxy groups -OCH3 is 1. The van der Waals surface area contributed by atoms with E-state index in [2.05, 4.69) is 38.2 Å². The first kappa shape index (κ1) is 13.0. The molecule has 0 aliphatic heterocycles. The third-order valence-corrected chi connectivity index (χ3v) is 3.05. The van der Waals surface area contributed by atoms with Gasteiger partial charge in [0.25, 0.3) is 0 Å². The fourth-order valence-electron chi connectivity index (χ4n) is 1.41. The Balaban J connectivity index is 2.37. The van der Waals surface area contributed by atoms with Crippen molar-refractivity contribution in [2.45, 2.75) is 33.7 Å². The highest BCUT2D eigenvalue weighted by atomic mass is 16.5. The van der Waals surface area contributed by atoms with E-state index in [0.29, 0.717) is 5.41 Å². The summed E-state index contributed by atoms with van der Waals surface area (Å²) in [5.41, 5.74) is 1.68. The smallest absolute Gasteiger partial charge is 0.118 e. The van der Waals surface area contributed by atoms with Crippen LogP contribution in [0.4, 0.5) is 0 Å². The van der Waals surface area contributed by atoms with Crippen molar-refractivity contribution < 1.29 is 4.74 Å². The largest absolute Gasteiger partial charge is 0.497 e. The van der Waals surface area contributed by atoms with Gasteiger partial charge in [-0.15, -0.1) is 0 Å². The highest BCUT2D eigenvalue weighted by Gasteiger charge is 2.13. The number of hydrogen-bond donors (Lipinski definition) is 1. The lowest BCUT2D eigenvalue weighted by atomic mass is 9.90. The monoisotopic (exact) mass is 221 g/mol. The molecule has 0 aliphatic rings. The van der Waals surface area contributed by atoms with Crippen molar-refractivity contribution in [1.29, 1.82) is 0 Å². The normalized spacial score (nSPS) is 11.5. The Morgan fingerprint density at radius 2 is 1.81 bits per heavy atom. The van der Waals surface area contributed by atoms with Gasteiger partial charge in [0.15, 0.2) is 0 Å². The van der Waals surface area contributed by atoms with Crippen molar-refractivity contribution in [3.8, 4) is 5.75 Å². The molecule has 1 N–H and O–H groups in total. The molecule has 0 aliphatic carbocycles. The topological polar surface area (TPSA) is 21.3 Å². The van der Waals surface area contributed by atoms with Crippen LogP contribution in [-0.4, -0.2) is 13.7 Å². The Bertz CT molecular complexity index is 303. The Labute approximate surface area is 99.0 Å². The first-order chi connectivity index (χ1) is 7.57. The second kappa shape index (κ2) is 5.90. The van der Waals surface area contributed by atoms with Gasteiger partial charge >= 0.3 is 0 Å². The van der Waals surface area contributed by atoms with E-state index in [9.17, 15) is 0 Å². The number of nitrogens with one attached hydrogen (secondary N) is 1. The summed E-state index contributed by atoms with van der Waals surface area (Å²) >= 11 is 0. The van der Waals surface area contributed by atoms with Crippen LogP contribution >= 0.6 is 0 Å². The fraction of sp³-hybridized carbons (Fsp3) is 0.571. The highest BCUT2D eigenvalue weighted by Crippen LogP contribution is 2.18. The van der Waals surface area contributed by atoms with Crippen LogP contribution in [0.3, 0.4) is 0 Å². The van der Waals surface area contributed by atoms with E-state index in [1.807, 2.05) is 12.1 Å². The van der Waals surface area contributed by atoms with Crippen LogP contribution in [0.5, 0.6) is 5.75 Å². The Morgan fingerprint density at radius 3 is 2.31 bits per heavy atom. The fourth-order valence-corrected chi connectivity index (χ4v) is 1.41. The van der Waals surface area contributed by atoms with E-state index >= 15 is 0 Å². The zero-order valence-corrected chi connectivity index (χ0v) is 10.8. The minimum Gasteiger partial charge on any atom is -0.497 e. The molecular formula is C14H23NO. The minimum absolute atomic E-state index is 0.381. The second-order valence-electron chi connectivity index (χ2n) is 4.97. The van der Waals surface area contributed by atoms with Crippen molar-refractivity contribution in [1.82, 2.24) is 5.32 Å². The van der Waals surface area contributed by atoms with Gasteiger partial charge in [0.05, 0.1) is 7.11 Å². The van der Waals surface area contributed by atoms with E-state index in [0.717, 1.165) is 18.8 Å². The molecule has 0 saturated heterocycles. The molecule has 0 unspecified atom stereocenters. The van der Waals surface area contributed by atoms with E-state index < -0.39 is 0 Å². The summed E-state index contributed by atoms with van der Waals surface area (Å²) in [5, 5.41) is 3.49. The van der Waals surface area contributed by atoms with Crippen LogP contribution in [0.1, 0.15) is 32.8 Å². The van der Waals surface area contributed by atoms with Crippen molar-refractivity contribution in [3.05, 3.63) is 29.8 Å². The predicted molar refractivity (Wildman–Crippen MR) is 68.8 cm³/mol. The summed E-state index contributed by atoms with van der Waals surface area (Å²) < 4.78 is 5.12. The highest BCUT2D eigenvalue weighted by molar-refractivity contribution is 5.26. The van der Waals surface area contributed by atoms with Crippen molar-refractivity contribution in [2.75, 3.05) is 13.7 Å². The average molecular weight is 221 g/mol. The maximum atomic E-state index is 5.12. The Hall–Kier alpha value is -1.02. The summed E-state index contributed by atoms with van der Waals surface area (Å²) in [7, 11) is 1.69. The van der Waals surface area contributed by atoms with Crippen LogP contribution < -0.4 is 10.1 Å². The molecule has 0 amide bonds. The van der Waals surface area contributed by atoms with Gasteiger partial charge in [0, 0.05) is 13.1 Å². The van der Waals surface area contributed by atoms with E-state index in [-0.39, 0.29) is 0 Å².